The van der Waals surface area contributed by atoms with Crippen molar-refractivity contribution in [1.29, 1.82) is 0 Å². The first-order chi connectivity index (χ1) is 18.6. The minimum absolute atomic E-state index is 0.0180. The average molecular weight is 540 g/mol. The van der Waals surface area contributed by atoms with E-state index >= 15 is 0 Å². The highest BCUT2D eigenvalue weighted by Gasteiger charge is 2.42. The third kappa shape index (κ3) is 6.85. The van der Waals surface area contributed by atoms with Crippen molar-refractivity contribution in [2.45, 2.75) is 64.9 Å². The summed E-state index contributed by atoms with van der Waals surface area (Å²) in [4.78, 5) is 25.9. The van der Waals surface area contributed by atoms with Crippen molar-refractivity contribution in [3.05, 3.63) is 58.7 Å². The molecule has 0 spiro atoms. The van der Waals surface area contributed by atoms with E-state index in [0.29, 0.717) is 29.4 Å². The van der Waals surface area contributed by atoms with Crippen molar-refractivity contribution < 1.29 is 33.3 Å². The monoisotopic (exact) mass is 539 g/mol. The number of allylic oxidation sites excluding steroid dienone is 2. The summed E-state index contributed by atoms with van der Waals surface area (Å²) in [6.45, 7) is 8.39. The summed E-state index contributed by atoms with van der Waals surface area (Å²) in [5, 5.41) is 2.83. The van der Waals surface area contributed by atoms with Gasteiger partial charge in [0.1, 0.15) is 17.4 Å². The number of methoxy groups -OCH3 is 4. The van der Waals surface area contributed by atoms with E-state index in [1.54, 1.807) is 38.5 Å². The number of esters is 1. The molecule has 0 saturated heterocycles. The van der Waals surface area contributed by atoms with Gasteiger partial charge in [-0.2, -0.15) is 0 Å². The van der Waals surface area contributed by atoms with Gasteiger partial charge in [0.2, 0.25) is 0 Å². The zero-order chi connectivity index (χ0) is 28.7. The molecule has 0 radical (unpaired) electrons. The molecule has 4 atom stereocenters. The van der Waals surface area contributed by atoms with E-state index in [0.717, 1.165) is 24.0 Å². The molecule has 3 rings (SSSR count). The predicted octanol–water partition coefficient (Wildman–Crippen LogP) is 7.09. The molecule has 8 heteroatoms. The van der Waals surface area contributed by atoms with Crippen LogP contribution in [0.25, 0.3) is 0 Å². The number of carbonyl (C=O) groups excluding carboxylic acids is 2. The maximum Gasteiger partial charge on any atom is 0.411 e. The van der Waals surface area contributed by atoms with E-state index in [1.165, 1.54) is 19.8 Å². The van der Waals surface area contributed by atoms with Crippen LogP contribution in [0.15, 0.2) is 42.0 Å². The third-order valence-corrected chi connectivity index (χ3v) is 7.34. The SMILES string of the molecule is COC(=O)c1cc2c(c(OC)c1OC)[C@H](C)C[C@@H](OC(=O)Nc1ccc(OC)cc1)[C@H]2[C@@H](C)CCC=C(C)C. The summed E-state index contributed by atoms with van der Waals surface area (Å²) in [6, 6.07) is 8.90. The highest BCUT2D eigenvalue weighted by molar-refractivity contribution is 5.94. The first kappa shape index (κ1) is 29.9. The van der Waals surface area contributed by atoms with E-state index < -0.39 is 18.2 Å². The van der Waals surface area contributed by atoms with Crippen molar-refractivity contribution in [2.75, 3.05) is 33.8 Å². The van der Waals surface area contributed by atoms with Crippen molar-refractivity contribution >= 4 is 17.7 Å². The predicted molar refractivity (Wildman–Crippen MR) is 151 cm³/mol. The van der Waals surface area contributed by atoms with Crippen LogP contribution in [0.3, 0.4) is 0 Å². The molecule has 1 N–H and O–H groups in total. The summed E-state index contributed by atoms with van der Waals surface area (Å²) in [7, 11) is 6.02. The van der Waals surface area contributed by atoms with Crippen LogP contribution in [0, 0.1) is 5.92 Å². The van der Waals surface area contributed by atoms with Gasteiger partial charge in [0, 0.05) is 17.2 Å². The van der Waals surface area contributed by atoms with Crippen LogP contribution in [0.1, 0.15) is 80.3 Å². The van der Waals surface area contributed by atoms with Crippen molar-refractivity contribution in [3.8, 4) is 17.2 Å². The molecule has 8 nitrogen and oxygen atoms in total. The topological polar surface area (TPSA) is 92.3 Å². The van der Waals surface area contributed by atoms with Gasteiger partial charge in [0.05, 0.1) is 28.4 Å². The smallest absolute Gasteiger partial charge is 0.411 e. The van der Waals surface area contributed by atoms with Crippen molar-refractivity contribution in [3.63, 3.8) is 0 Å². The number of nitrogens with one attached hydrogen (secondary N) is 1. The van der Waals surface area contributed by atoms with Crippen LogP contribution >= 0.6 is 0 Å². The molecule has 0 heterocycles. The van der Waals surface area contributed by atoms with Gasteiger partial charge in [0.15, 0.2) is 11.5 Å². The first-order valence-corrected chi connectivity index (χ1v) is 13.3. The Bertz CT molecular complexity index is 1180. The molecule has 1 aliphatic rings. The van der Waals surface area contributed by atoms with Crippen LogP contribution in [0.5, 0.6) is 17.2 Å². The molecule has 2 aromatic rings. The molecule has 0 fully saturated rings. The molecular weight excluding hydrogens is 498 g/mol. The highest BCUT2D eigenvalue weighted by Crippen LogP contribution is 2.52. The molecule has 1 aliphatic carbocycles. The lowest BCUT2D eigenvalue weighted by atomic mass is 9.69. The number of amides is 1. The molecule has 0 bridgehead atoms. The van der Waals surface area contributed by atoms with Crippen molar-refractivity contribution in [2.24, 2.45) is 5.92 Å². The van der Waals surface area contributed by atoms with E-state index in [2.05, 4.69) is 39.1 Å². The molecule has 0 aromatic heterocycles. The molecule has 0 aliphatic heterocycles. The summed E-state index contributed by atoms with van der Waals surface area (Å²) in [5.74, 6) is 0.990. The number of fused-ring (bicyclic) bond motifs is 1. The van der Waals surface area contributed by atoms with Gasteiger partial charge in [0.25, 0.3) is 0 Å². The fourth-order valence-electron chi connectivity index (χ4n) is 5.51. The lowest BCUT2D eigenvalue weighted by molar-refractivity contribution is 0.0576. The van der Waals surface area contributed by atoms with Crippen LogP contribution in [0.4, 0.5) is 10.5 Å². The minimum Gasteiger partial charge on any atom is -0.497 e. The fraction of sp³-hybridized carbons (Fsp3) is 0.484. The second kappa shape index (κ2) is 13.4. The lowest BCUT2D eigenvalue weighted by Gasteiger charge is -2.40. The maximum atomic E-state index is 13.1. The number of benzene rings is 2. The Morgan fingerprint density at radius 3 is 2.26 bits per heavy atom. The highest BCUT2D eigenvalue weighted by atomic mass is 16.6. The van der Waals surface area contributed by atoms with Gasteiger partial charge in [-0.3, -0.25) is 5.32 Å². The Morgan fingerprint density at radius 1 is 1.03 bits per heavy atom. The van der Waals surface area contributed by atoms with Crippen LogP contribution in [-0.4, -0.2) is 46.6 Å². The number of carbonyl (C=O) groups is 2. The molecule has 2 aromatic carbocycles. The van der Waals surface area contributed by atoms with Gasteiger partial charge in [-0.25, -0.2) is 9.59 Å². The molecule has 39 heavy (non-hydrogen) atoms. The van der Waals surface area contributed by atoms with Gasteiger partial charge in [-0.1, -0.05) is 25.5 Å². The van der Waals surface area contributed by atoms with Gasteiger partial charge >= 0.3 is 12.1 Å². The fourth-order valence-corrected chi connectivity index (χ4v) is 5.51. The molecule has 0 saturated carbocycles. The Balaban J connectivity index is 2.04. The van der Waals surface area contributed by atoms with Crippen LogP contribution < -0.4 is 19.5 Å². The number of rotatable bonds is 10. The Kier molecular flexibility index (Phi) is 10.3. The average Bonchev–Trinajstić information content (AvgIpc) is 2.91. The normalized spacial score (nSPS) is 18.7. The summed E-state index contributed by atoms with van der Waals surface area (Å²) >= 11 is 0. The van der Waals surface area contributed by atoms with Gasteiger partial charge < -0.3 is 23.7 Å². The molecule has 212 valence electrons. The number of ether oxygens (including phenoxy) is 5. The van der Waals surface area contributed by atoms with Crippen LogP contribution in [-0.2, 0) is 9.47 Å². The second-order valence-corrected chi connectivity index (χ2v) is 10.3. The summed E-state index contributed by atoms with van der Waals surface area (Å²) < 4.78 is 27.8. The zero-order valence-corrected chi connectivity index (χ0v) is 24.3. The summed E-state index contributed by atoms with van der Waals surface area (Å²) in [5.41, 5.74) is 4.03. The molecule has 0 unspecified atom stereocenters. The maximum absolute atomic E-state index is 13.1. The summed E-state index contributed by atoms with van der Waals surface area (Å²) in [6.07, 6.45) is 3.63. The van der Waals surface area contributed by atoms with Gasteiger partial charge in [-0.15, -0.1) is 0 Å². The quantitative estimate of drug-likeness (QED) is 0.254. The molecule has 1 amide bonds. The largest absolute Gasteiger partial charge is 0.497 e. The van der Waals surface area contributed by atoms with E-state index in [-0.39, 0.29) is 23.3 Å². The number of hydrogen-bond acceptors (Lipinski definition) is 7. The molecular formula is C31H41NO7. The third-order valence-electron chi connectivity index (χ3n) is 7.34. The zero-order valence-electron chi connectivity index (χ0n) is 24.3. The lowest BCUT2D eigenvalue weighted by Crippen LogP contribution is -2.37. The minimum atomic E-state index is -0.531. The number of hydrogen-bond donors (Lipinski definition) is 1. The number of anilines is 1. The second-order valence-electron chi connectivity index (χ2n) is 10.3. The Labute approximate surface area is 231 Å². The van der Waals surface area contributed by atoms with E-state index in [1.807, 2.05) is 6.07 Å². The van der Waals surface area contributed by atoms with E-state index in [9.17, 15) is 9.59 Å². The Hall–Kier alpha value is -3.68. The van der Waals surface area contributed by atoms with Crippen LogP contribution in [0.2, 0.25) is 0 Å². The van der Waals surface area contributed by atoms with E-state index in [4.69, 9.17) is 23.7 Å². The van der Waals surface area contributed by atoms with Crippen molar-refractivity contribution in [1.82, 2.24) is 0 Å². The first-order valence-electron chi connectivity index (χ1n) is 13.3. The standard InChI is InChI=1S/C31H41NO7/c1-18(2)10-9-11-19(3)26-23-17-24(30(33)38-8)28(36-6)29(37-7)27(23)20(4)16-25(26)39-31(34)32-21-12-14-22(35-5)15-13-21/h10,12-15,17,19-20,25-26H,9,11,16H2,1-8H3,(H,32,34)/t19-,20+,25+,26-/m0/s1. The van der Waals surface area contributed by atoms with Gasteiger partial charge in [-0.05, 0) is 80.8 Å². The Morgan fingerprint density at radius 2 is 1.69 bits per heavy atom.